The molecule has 1 unspecified atom stereocenters. The Morgan fingerprint density at radius 3 is 2.43 bits per heavy atom. The number of hydrogen-bond donors (Lipinski definition) is 2. The highest BCUT2D eigenvalue weighted by Crippen LogP contribution is 2.46. The first-order valence-corrected chi connectivity index (χ1v) is 6.99. The number of aliphatic hydroxyl groups excluding tert-OH is 1. The maximum absolute atomic E-state index is 13.1. The molecule has 1 atom stereocenters. The van der Waals surface area contributed by atoms with Gasteiger partial charge in [0.1, 0.15) is 0 Å². The summed E-state index contributed by atoms with van der Waals surface area (Å²) in [6, 6.07) is 3.96. The number of aliphatic carboxylic acids is 1. The van der Waals surface area contributed by atoms with E-state index in [-0.39, 0.29) is 23.7 Å². The van der Waals surface area contributed by atoms with Gasteiger partial charge in [-0.15, -0.1) is 0 Å². The van der Waals surface area contributed by atoms with Crippen molar-refractivity contribution in [2.75, 3.05) is 13.1 Å². The zero-order chi connectivity index (χ0) is 17.4. The molecule has 1 heterocycles. The van der Waals surface area contributed by atoms with Gasteiger partial charge in [0.15, 0.2) is 5.41 Å². The molecule has 1 aromatic rings. The van der Waals surface area contributed by atoms with Crippen LogP contribution in [0.2, 0.25) is 5.02 Å². The van der Waals surface area contributed by atoms with Crippen molar-refractivity contribution >= 4 is 23.5 Å². The lowest BCUT2D eigenvalue weighted by Gasteiger charge is -2.27. The predicted octanol–water partition coefficient (Wildman–Crippen LogP) is 2.31. The minimum atomic E-state index is -4.95. The molecule has 1 aromatic carbocycles. The van der Waals surface area contributed by atoms with Crippen molar-refractivity contribution in [1.29, 1.82) is 0 Å². The van der Waals surface area contributed by atoms with Gasteiger partial charge < -0.3 is 15.1 Å². The lowest BCUT2D eigenvalue weighted by atomic mass is 9.86. The number of rotatable bonds is 3. The number of halogens is 4. The quantitative estimate of drug-likeness (QED) is 0.876. The highest BCUT2D eigenvalue weighted by atomic mass is 35.5. The van der Waals surface area contributed by atoms with E-state index in [2.05, 4.69) is 0 Å². The molecule has 0 spiro atoms. The van der Waals surface area contributed by atoms with E-state index in [1.165, 1.54) is 18.2 Å². The Balaban J connectivity index is 2.26. The Hall–Kier alpha value is -1.80. The van der Waals surface area contributed by atoms with Crippen molar-refractivity contribution in [1.82, 2.24) is 4.90 Å². The van der Waals surface area contributed by atoms with Crippen molar-refractivity contribution in [3.63, 3.8) is 0 Å². The summed E-state index contributed by atoms with van der Waals surface area (Å²) in [6.45, 7) is -1.60. The summed E-state index contributed by atoms with van der Waals surface area (Å²) in [4.78, 5) is 24.2. The normalized spacial score (nSPS) is 21.5. The largest absolute Gasteiger partial charge is 0.481 e. The van der Waals surface area contributed by atoms with Crippen molar-refractivity contribution in [3.8, 4) is 0 Å². The summed E-state index contributed by atoms with van der Waals surface area (Å²) in [7, 11) is 0. The topological polar surface area (TPSA) is 77.8 Å². The van der Waals surface area contributed by atoms with Crippen molar-refractivity contribution in [2.24, 2.45) is 5.41 Å². The van der Waals surface area contributed by atoms with Gasteiger partial charge in [0, 0.05) is 23.7 Å². The third-order valence-electron chi connectivity index (χ3n) is 3.98. The molecule has 1 aliphatic rings. The number of carbonyl (C=O) groups is 2. The van der Waals surface area contributed by atoms with E-state index < -0.39 is 36.4 Å². The number of likely N-dealkylation sites (tertiary alicyclic amines) is 1. The molecule has 2 rings (SSSR count). The number of amides is 1. The van der Waals surface area contributed by atoms with E-state index >= 15 is 0 Å². The summed E-state index contributed by atoms with van der Waals surface area (Å²) < 4.78 is 39.3. The molecule has 1 saturated heterocycles. The monoisotopic (exact) mass is 351 g/mol. The number of nitrogens with zero attached hydrogens (tertiary/aromatic N) is 1. The Labute approximate surface area is 134 Å². The van der Waals surface area contributed by atoms with E-state index in [1.54, 1.807) is 0 Å². The molecule has 0 saturated carbocycles. The Morgan fingerprint density at radius 1 is 1.35 bits per heavy atom. The molecule has 9 heteroatoms. The van der Waals surface area contributed by atoms with E-state index in [4.69, 9.17) is 21.8 Å². The summed E-state index contributed by atoms with van der Waals surface area (Å²) in [5, 5.41) is 18.1. The summed E-state index contributed by atoms with van der Waals surface area (Å²) in [6.07, 6.45) is -5.65. The SMILES string of the molecule is O=C(c1ccc(CO)c(Cl)c1)N1CCC(C(=O)O)(C(F)(F)F)C1. The first kappa shape index (κ1) is 17.6. The molecule has 1 fully saturated rings. The van der Waals surface area contributed by atoms with Crippen molar-refractivity contribution < 1.29 is 33.0 Å². The van der Waals surface area contributed by atoms with Gasteiger partial charge in [0.25, 0.3) is 5.91 Å². The molecule has 0 aliphatic carbocycles. The zero-order valence-corrected chi connectivity index (χ0v) is 12.5. The van der Waals surface area contributed by atoms with E-state index in [9.17, 15) is 22.8 Å². The standard InChI is InChI=1S/C14H13ClF3NO4/c15-10-5-8(1-2-9(10)6-20)11(21)19-4-3-13(7-19,12(22)23)14(16,17)18/h1-2,5,20H,3-4,6-7H2,(H,22,23). The van der Waals surface area contributed by atoms with Crippen LogP contribution in [0.1, 0.15) is 22.3 Å². The first-order valence-electron chi connectivity index (χ1n) is 6.61. The van der Waals surface area contributed by atoms with Crippen LogP contribution in [0.25, 0.3) is 0 Å². The van der Waals surface area contributed by atoms with Crippen LogP contribution in [-0.2, 0) is 11.4 Å². The average Bonchev–Trinajstić information content (AvgIpc) is 2.92. The number of benzene rings is 1. The number of carboxylic acids is 1. The fourth-order valence-corrected chi connectivity index (χ4v) is 2.74. The first-order chi connectivity index (χ1) is 10.6. The predicted molar refractivity (Wildman–Crippen MR) is 74.0 cm³/mol. The molecule has 126 valence electrons. The minimum Gasteiger partial charge on any atom is -0.481 e. The molecule has 5 nitrogen and oxygen atoms in total. The van der Waals surface area contributed by atoms with Gasteiger partial charge in [-0.1, -0.05) is 17.7 Å². The fraction of sp³-hybridized carbons (Fsp3) is 0.429. The van der Waals surface area contributed by atoms with Crippen LogP contribution < -0.4 is 0 Å². The molecule has 23 heavy (non-hydrogen) atoms. The number of aliphatic hydroxyl groups is 1. The van der Waals surface area contributed by atoms with Gasteiger partial charge in [-0.05, 0) is 24.1 Å². The van der Waals surface area contributed by atoms with E-state index in [1.807, 2.05) is 0 Å². The molecule has 0 bridgehead atoms. The maximum atomic E-state index is 13.1. The summed E-state index contributed by atoms with van der Waals surface area (Å²) >= 11 is 5.85. The summed E-state index contributed by atoms with van der Waals surface area (Å²) in [5.74, 6) is -2.72. The Bertz CT molecular complexity index is 649. The summed E-state index contributed by atoms with van der Waals surface area (Å²) in [5.41, 5.74) is -2.53. The molecule has 1 aliphatic heterocycles. The Kier molecular flexibility index (Phi) is 4.59. The number of alkyl halides is 3. The molecular weight excluding hydrogens is 339 g/mol. The minimum absolute atomic E-state index is 0.0376. The number of hydrogen-bond acceptors (Lipinski definition) is 3. The van der Waals surface area contributed by atoms with Crippen LogP contribution in [0.4, 0.5) is 13.2 Å². The van der Waals surface area contributed by atoms with Crippen LogP contribution in [0.15, 0.2) is 18.2 Å². The lowest BCUT2D eigenvalue weighted by Crippen LogP contribution is -2.47. The third kappa shape index (κ3) is 3.00. The fourth-order valence-electron chi connectivity index (χ4n) is 2.50. The highest BCUT2D eigenvalue weighted by Gasteiger charge is 2.64. The maximum Gasteiger partial charge on any atom is 0.406 e. The van der Waals surface area contributed by atoms with Crippen LogP contribution >= 0.6 is 11.6 Å². The Morgan fingerprint density at radius 2 is 2.00 bits per heavy atom. The zero-order valence-electron chi connectivity index (χ0n) is 11.7. The average molecular weight is 352 g/mol. The number of carboxylic acid groups (broad SMARTS) is 1. The molecule has 2 N–H and O–H groups in total. The van der Waals surface area contributed by atoms with Gasteiger partial charge in [-0.25, -0.2) is 0 Å². The van der Waals surface area contributed by atoms with Gasteiger partial charge in [0.05, 0.1) is 6.61 Å². The third-order valence-corrected chi connectivity index (χ3v) is 4.33. The van der Waals surface area contributed by atoms with Gasteiger partial charge in [-0.3, -0.25) is 9.59 Å². The van der Waals surface area contributed by atoms with E-state index in [0.29, 0.717) is 5.56 Å². The molecule has 0 aromatic heterocycles. The second-order valence-electron chi connectivity index (χ2n) is 5.33. The van der Waals surface area contributed by atoms with Crippen molar-refractivity contribution in [2.45, 2.75) is 19.2 Å². The second-order valence-corrected chi connectivity index (χ2v) is 5.73. The molecular formula is C14H13ClF3NO4. The highest BCUT2D eigenvalue weighted by molar-refractivity contribution is 6.31. The smallest absolute Gasteiger partial charge is 0.406 e. The van der Waals surface area contributed by atoms with Gasteiger partial charge in [0.2, 0.25) is 0 Å². The second kappa shape index (κ2) is 6.01. The molecule has 1 amide bonds. The van der Waals surface area contributed by atoms with Crippen LogP contribution in [-0.4, -0.2) is 46.3 Å². The van der Waals surface area contributed by atoms with Crippen LogP contribution in [0, 0.1) is 5.41 Å². The molecule has 0 radical (unpaired) electrons. The van der Waals surface area contributed by atoms with Crippen LogP contribution in [0.3, 0.4) is 0 Å². The van der Waals surface area contributed by atoms with Crippen molar-refractivity contribution in [3.05, 3.63) is 34.3 Å². The van der Waals surface area contributed by atoms with E-state index in [0.717, 1.165) is 4.90 Å². The lowest BCUT2D eigenvalue weighted by molar-refractivity contribution is -0.227. The van der Waals surface area contributed by atoms with Crippen LogP contribution in [0.5, 0.6) is 0 Å². The van der Waals surface area contributed by atoms with Gasteiger partial charge in [-0.2, -0.15) is 13.2 Å². The number of carbonyl (C=O) groups excluding carboxylic acids is 1. The van der Waals surface area contributed by atoms with Gasteiger partial charge >= 0.3 is 12.1 Å².